The van der Waals surface area contributed by atoms with Crippen molar-refractivity contribution < 1.29 is 0 Å². The second-order valence-corrected chi connectivity index (χ2v) is 5.05. The van der Waals surface area contributed by atoms with Gasteiger partial charge in [-0.05, 0) is 13.3 Å². The normalized spacial score (nSPS) is 11.5. The smallest absolute Gasteiger partial charge is 0.212 e. The first-order valence-electron chi connectivity index (χ1n) is 5.53. The molecular formula is C11H13N5S. The van der Waals surface area contributed by atoms with E-state index in [-0.39, 0.29) is 0 Å². The van der Waals surface area contributed by atoms with Gasteiger partial charge in [-0.25, -0.2) is 9.50 Å². The molecule has 0 atom stereocenters. The molecule has 0 N–H and O–H groups in total. The monoisotopic (exact) mass is 247 g/mol. The first-order valence-corrected chi connectivity index (χ1v) is 6.34. The second-order valence-electron chi connectivity index (χ2n) is 4.00. The van der Waals surface area contributed by atoms with E-state index < -0.39 is 0 Å². The zero-order valence-electron chi connectivity index (χ0n) is 10.0. The van der Waals surface area contributed by atoms with E-state index in [4.69, 9.17) is 0 Å². The molecule has 0 spiro atoms. The number of fused-ring (bicyclic) bond motifs is 1. The number of aryl methyl sites for hydroxylation is 3. The molecule has 3 aromatic rings. The summed E-state index contributed by atoms with van der Waals surface area (Å²) in [7, 11) is 1.92. The molecular weight excluding hydrogens is 234 g/mol. The lowest BCUT2D eigenvalue weighted by Crippen LogP contribution is -1.86. The lowest BCUT2D eigenvalue weighted by molar-refractivity contribution is 0.756. The minimum atomic E-state index is 0.942. The summed E-state index contributed by atoms with van der Waals surface area (Å²) in [5, 5.41) is 9.90. The van der Waals surface area contributed by atoms with Crippen molar-refractivity contribution in [2.24, 2.45) is 7.05 Å². The van der Waals surface area contributed by atoms with Crippen LogP contribution in [0.5, 0.6) is 0 Å². The molecule has 0 radical (unpaired) electrons. The number of aromatic nitrogens is 5. The number of hydrogen-bond donors (Lipinski definition) is 0. The molecule has 17 heavy (non-hydrogen) atoms. The topological polar surface area (TPSA) is 48.0 Å². The fraction of sp³-hybridized carbons (Fsp3) is 0.364. The third kappa shape index (κ3) is 1.64. The summed E-state index contributed by atoms with van der Waals surface area (Å²) in [4.78, 5) is 5.54. The first-order chi connectivity index (χ1) is 8.17. The lowest BCUT2D eigenvalue weighted by atomic mass is 10.2. The van der Waals surface area contributed by atoms with E-state index in [0.29, 0.717) is 0 Å². The van der Waals surface area contributed by atoms with Crippen LogP contribution in [0, 0.1) is 6.92 Å². The van der Waals surface area contributed by atoms with Gasteiger partial charge in [0.05, 0.1) is 17.6 Å². The van der Waals surface area contributed by atoms with E-state index in [1.165, 1.54) is 0 Å². The Kier molecular flexibility index (Phi) is 2.25. The van der Waals surface area contributed by atoms with E-state index in [0.717, 1.165) is 33.3 Å². The molecule has 6 heteroatoms. The molecule has 0 saturated carbocycles. The van der Waals surface area contributed by atoms with Crippen molar-refractivity contribution in [1.82, 2.24) is 24.4 Å². The van der Waals surface area contributed by atoms with E-state index >= 15 is 0 Å². The van der Waals surface area contributed by atoms with Gasteiger partial charge >= 0.3 is 0 Å². The average molecular weight is 247 g/mol. The molecule has 5 nitrogen and oxygen atoms in total. The zero-order chi connectivity index (χ0) is 12.0. The third-order valence-corrected chi connectivity index (χ3v) is 3.74. The molecule has 3 heterocycles. The van der Waals surface area contributed by atoms with Gasteiger partial charge in [0.25, 0.3) is 0 Å². The SMILES string of the molecule is CCc1nn2cc(-c3cn(C)nc3C)nc2s1. The molecule has 0 saturated heterocycles. The number of nitrogens with zero attached hydrogens (tertiary/aromatic N) is 5. The van der Waals surface area contributed by atoms with Crippen molar-refractivity contribution in [2.45, 2.75) is 20.3 Å². The van der Waals surface area contributed by atoms with Crippen LogP contribution in [-0.4, -0.2) is 24.4 Å². The molecule has 0 aliphatic carbocycles. The maximum absolute atomic E-state index is 4.59. The summed E-state index contributed by atoms with van der Waals surface area (Å²) in [6.07, 6.45) is 4.91. The molecule has 3 aromatic heterocycles. The van der Waals surface area contributed by atoms with Crippen LogP contribution >= 0.6 is 11.3 Å². The maximum Gasteiger partial charge on any atom is 0.212 e. The molecule has 0 aromatic carbocycles. The van der Waals surface area contributed by atoms with Gasteiger partial charge in [0, 0.05) is 18.8 Å². The number of hydrogen-bond acceptors (Lipinski definition) is 4. The molecule has 0 amide bonds. The maximum atomic E-state index is 4.59. The zero-order valence-corrected chi connectivity index (χ0v) is 10.8. The van der Waals surface area contributed by atoms with Gasteiger partial charge in [-0.15, -0.1) is 0 Å². The summed E-state index contributed by atoms with van der Waals surface area (Å²) < 4.78 is 3.66. The number of imidazole rings is 1. The Balaban J connectivity index is 2.12. The van der Waals surface area contributed by atoms with Gasteiger partial charge in [-0.3, -0.25) is 4.68 Å². The Morgan fingerprint density at radius 2 is 2.12 bits per heavy atom. The minimum Gasteiger partial charge on any atom is -0.275 e. The number of rotatable bonds is 2. The Hall–Kier alpha value is -1.69. The van der Waals surface area contributed by atoms with Gasteiger partial charge in [0.15, 0.2) is 0 Å². The summed E-state index contributed by atoms with van der Waals surface area (Å²) in [6, 6.07) is 0. The average Bonchev–Trinajstić information content (AvgIpc) is 2.89. The van der Waals surface area contributed by atoms with Crippen LogP contribution in [0.1, 0.15) is 17.6 Å². The molecule has 0 unspecified atom stereocenters. The van der Waals surface area contributed by atoms with Gasteiger partial charge in [-0.2, -0.15) is 10.2 Å². The van der Waals surface area contributed by atoms with E-state index in [2.05, 4.69) is 22.1 Å². The predicted molar refractivity (Wildman–Crippen MR) is 67.2 cm³/mol. The Morgan fingerprint density at radius 3 is 2.71 bits per heavy atom. The molecule has 0 bridgehead atoms. The summed E-state index contributed by atoms with van der Waals surface area (Å²) in [5.74, 6) is 0. The second kappa shape index (κ2) is 3.66. The van der Waals surface area contributed by atoms with E-state index in [1.807, 2.05) is 35.6 Å². The highest BCUT2D eigenvalue weighted by atomic mass is 32.1. The molecule has 3 rings (SSSR count). The standard InChI is InChI=1S/C11H13N5S/c1-4-10-14-16-6-9(12-11(16)17-10)8-5-15(3)13-7(8)2/h5-6H,4H2,1-3H3. The Bertz CT molecular complexity index is 644. The van der Waals surface area contributed by atoms with Gasteiger partial charge in [0.2, 0.25) is 4.96 Å². The van der Waals surface area contributed by atoms with Crippen molar-refractivity contribution in [3.05, 3.63) is 23.1 Å². The van der Waals surface area contributed by atoms with Crippen LogP contribution in [0.3, 0.4) is 0 Å². The van der Waals surface area contributed by atoms with Crippen molar-refractivity contribution in [1.29, 1.82) is 0 Å². The van der Waals surface area contributed by atoms with Crippen LogP contribution < -0.4 is 0 Å². The first kappa shape index (κ1) is 10.5. The van der Waals surface area contributed by atoms with Crippen LogP contribution in [0.2, 0.25) is 0 Å². The van der Waals surface area contributed by atoms with Gasteiger partial charge < -0.3 is 0 Å². The van der Waals surface area contributed by atoms with Crippen LogP contribution in [-0.2, 0) is 13.5 Å². The predicted octanol–water partition coefficient (Wildman–Crippen LogP) is 2.06. The lowest BCUT2D eigenvalue weighted by Gasteiger charge is -1.89. The highest BCUT2D eigenvalue weighted by molar-refractivity contribution is 7.16. The van der Waals surface area contributed by atoms with Crippen molar-refractivity contribution in [3.8, 4) is 11.3 Å². The van der Waals surface area contributed by atoms with E-state index in [1.54, 1.807) is 11.3 Å². The highest BCUT2D eigenvalue weighted by Crippen LogP contribution is 2.24. The largest absolute Gasteiger partial charge is 0.275 e. The van der Waals surface area contributed by atoms with E-state index in [9.17, 15) is 0 Å². The molecule has 0 aliphatic heterocycles. The molecule has 88 valence electrons. The fourth-order valence-corrected chi connectivity index (χ4v) is 2.68. The summed E-state index contributed by atoms with van der Waals surface area (Å²) >= 11 is 1.64. The summed E-state index contributed by atoms with van der Waals surface area (Å²) in [5.41, 5.74) is 3.01. The minimum absolute atomic E-state index is 0.942. The quantitative estimate of drug-likeness (QED) is 0.696. The van der Waals surface area contributed by atoms with Crippen LogP contribution in [0.4, 0.5) is 0 Å². The van der Waals surface area contributed by atoms with Crippen molar-refractivity contribution in [3.63, 3.8) is 0 Å². The Morgan fingerprint density at radius 1 is 1.29 bits per heavy atom. The summed E-state index contributed by atoms with van der Waals surface area (Å²) in [6.45, 7) is 4.10. The van der Waals surface area contributed by atoms with Crippen LogP contribution in [0.25, 0.3) is 16.2 Å². The Labute approximate surface area is 103 Å². The van der Waals surface area contributed by atoms with Crippen molar-refractivity contribution >= 4 is 16.3 Å². The van der Waals surface area contributed by atoms with Gasteiger partial charge in [-0.1, -0.05) is 18.3 Å². The third-order valence-electron chi connectivity index (χ3n) is 2.68. The molecule has 0 aliphatic rings. The van der Waals surface area contributed by atoms with Crippen molar-refractivity contribution in [2.75, 3.05) is 0 Å². The van der Waals surface area contributed by atoms with Crippen LogP contribution in [0.15, 0.2) is 12.4 Å². The fourth-order valence-electron chi connectivity index (χ4n) is 1.87. The molecule has 0 fully saturated rings. The highest BCUT2D eigenvalue weighted by Gasteiger charge is 2.12. The van der Waals surface area contributed by atoms with Gasteiger partial charge in [0.1, 0.15) is 5.01 Å².